The number of aromatic nitrogens is 2. The smallest absolute Gasteiger partial charge is 0.151 e. The highest BCUT2D eigenvalue weighted by atomic mass is 35.5. The zero-order valence-corrected chi connectivity index (χ0v) is 11.8. The molecule has 1 saturated heterocycles. The minimum atomic E-state index is 0.634. The van der Waals surface area contributed by atoms with Crippen LogP contribution < -0.4 is 5.32 Å². The molecule has 1 aliphatic heterocycles. The van der Waals surface area contributed by atoms with Crippen molar-refractivity contribution < 1.29 is 0 Å². The number of hydrogen-bond acceptors (Lipinski definition) is 3. The lowest BCUT2D eigenvalue weighted by Crippen LogP contribution is -2.28. The van der Waals surface area contributed by atoms with Crippen molar-refractivity contribution in [1.82, 2.24) is 15.3 Å². The Kier molecular flexibility index (Phi) is 5.19. The lowest BCUT2D eigenvalue weighted by atomic mass is 10.2. The van der Waals surface area contributed by atoms with Gasteiger partial charge in [-0.05, 0) is 18.6 Å². The molecule has 0 radical (unpaired) electrons. The van der Waals surface area contributed by atoms with E-state index in [0.29, 0.717) is 11.2 Å². The number of H-pyrrole nitrogens is 1. The molecule has 1 aliphatic rings. The topological polar surface area (TPSA) is 40.7 Å². The van der Waals surface area contributed by atoms with Crippen LogP contribution in [-0.4, -0.2) is 27.5 Å². The van der Waals surface area contributed by atoms with Crippen LogP contribution in [0.2, 0.25) is 5.15 Å². The first-order chi connectivity index (χ1) is 8.29. The van der Waals surface area contributed by atoms with Gasteiger partial charge in [-0.25, -0.2) is 4.98 Å². The number of thioether (sulfide) groups is 1. The molecule has 1 aromatic rings. The Labute approximate surface area is 112 Å². The third-order valence-corrected chi connectivity index (χ3v) is 4.52. The summed E-state index contributed by atoms with van der Waals surface area (Å²) in [6, 6.07) is 0.637. The van der Waals surface area contributed by atoms with E-state index >= 15 is 0 Å². The quantitative estimate of drug-likeness (QED) is 0.837. The van der Waals surface area contributed by atoms with Crippen molar-refractivity contribution in [2.75, 3.05) is 11.5 Å². The second-order valence-corrected chi connectivity index (χ2v) is 6.01. The molecule has 2 heterocycles. The number of hydrogen-bond donors (Lipinski definition) is 2. The summed E-state index contributed by atoms with van der Waals surface area (Å²) in [6.07, 6.45) is 4.61. The zero-order valence-electron chi connectivity index (χ0n) is 10.3. The highest BCUT2D eigenvalue weighted by molar-refractivity contribution is 7.99. The molecular weight excluding hydrogens is 254 g/mol. The molecule has 2 rings (SSSR count). The number of aromatic amines is 1. The predicted octanol–water partition coefficient (Wildman–Crippen LogP) is 3.00. The van der Waals surface area contributed by atoms with E-state index in [4.69, 9.17) is 11.6 Å². The number of nitrogens with zero attached hydrogens (tertiary/aromatic N) is 1. The van der Waals surface area contributed by atoms with E-state index in [2.05, 4.69) is 22.2 Å². The van der Waals surface area contributed by atoms with Crippen LogP contribution >= 0.6 is 23.4 Å². The van der Waals surface area contributed by atoms with Gasteiger partial charge in [0.2, 0.25) is 0 Å². The highest BCUT2D eigenvalue weighted by Gasteiger charge is 2.16. The third kappa shape index (κ3) is 3.90. The molecule has 5 heteroatoms. The number of aryl methyl sites for hydroxylation is 1. The Hall–Kier alpha value is -0.190. The van der Waals surface area contributed by atoms with E-state index < -0.39 is 0 Å². The van der Waals surface area contributed by atoms with E-state index in [-0.39, 0.29) is 0 Å². The average Bonchev–Trinajstić information content (AvgIpc) is 2.93. The maximum atomic E-state index is 6.12. The fourth-order valence-electron chi connectivity index (χ4n) is 1.96. The molecule has 0 aromatic carbocycles. The molecule has 2 N–H and O–H groups in total. The van der Waals surface area contributed by atoms with Gasteiger partial charge in [-0.3, -0.25) is 0 Å². The van der Waals surface area contributed by atoms with Crippen LogP contribution in [0.5, 0.6) is 0 Å². The highest BCUT2D eigenvalue weighted by Crippen LogP contribution is 2.19. The van der Waals surface area contributed by atoms with Crippen molar-refractivity contribution in [3.63, 3.8) is 0 Å². The Morgan fingerprint density at radius 1 is 1.59 bits per heavy atom. The number of unbranched alkanes of at least 4 members (excludes halogenated alkanes) is 1. The standard InChI is InChI=1S/C12H20ClN3S/c1-2-3-4-11-15-10(12(13)16-11)7-14-9-5-6-17-8-9/h9,14H,2-8H2,1H3,(H,15,16). The lowest BCUT2D eigenvalue weighted by molar-refractivity contribution is 0.552. The summed E-state index contributed by atoms with van der Waals surface area (Å²) in [6.45, 7) is 2.99. The average molecular weight is 274 g/mol. The first-order valence-electron chi connectivity index (χ1n) is 6.34. The molecule has 0 amide bonds. The fourth-order valence-corrected chi connectivity index (χ4v) is 3.36. The molecule has 3 nitrogen and oxygen atoms in total. The van der Waals surface area contributed by atoms with Crippen LogP contribution in [-0.2, 0) is 13.0 Å². The zero-order chi connectivity index (χ0) is 12.1. The van der Waals surface area contributed by atoms with Gasteiger partial charge in [-0.1, -0.05) is 24.9 Å². The molecule has 1 fully saturated rings. The molecule has 1 unspecified atom stereocenters. The van der Waals surface area contributed by atoms with Crippen molar-refractivity contribution >= 4 is 23.4 Å². The second kappa shape index (κ2) is 6.66. The summed E-state index contributed by atoms with van der Waals surface area (Å²) in [5.41, 5.74) is 1.04. The van der Waals surface area contributed by atoms with Gasteiger partial charge in [0.1, 0.15) is 5.82 Å². The molecule has 96 valence electrons. The van der Waals surface area contributed by atoms with Crippen LogP contribution in [0.15, 0.2) is 0 Å². The van der Waals surface area contributed by atoms with Crippen LogP contribution in [0.1, 0.15) is 37.7 Å². The monoisotopic (exact) mass is 273 g/mol. The molecular formula is C12H20ClN3S. The number of halogens is 1. The fraction of sp³-hybridized carbons (Fsp3) is 0.750. The Morgan fingerprint density at radius 2 is 2.47 bits per heavy atom. The van der Waals surface area contributed by atoms with Gasteiger partial charge in [0.15, 0.2) is 5.15 Å². The van der Waals surface area contributed by atoms with E-state index in [0.717, 1.165) is 30.9 Å². The van der Waals surface area contributed by atoms with Gasteiger partial charge in [-0.2, -0.15) is 11.8 Å². The maximum Gasteiger partial charge on any atom is 0.151 e. The molecule has 0 saturated carbocycles. The molecule has 1 atom stereocenters. The summed E-state index contributed by atoms with van der Waals surface area (Å²) >= 11 is 8.14. The summed E-state index contributed by atoms with van der Waals surface area (Å²) in [5, 5.41) is 4.17. The van der Waals surface area contributed by atoms with Gasteiger partial charge < -0.3 is 10.3 Å². The van der Waals surface area contributed by atoms with Crippen molar-refractivity contribution in [3.05, 3.63) is 16.7 Å². The first-order valence-corrected chi connectivity index (χ1v) is 7.87. The molecule has 0 bridgehead atoms. The van der Waals surface area contributed by atoms with Crippen molar-refractivity contribution in [2.45, 2.75) is 45.2 Å². The van der Waals surface area contributed by atoms with E-state index in [1.165, 1.54) is 24.3 Å². The number of rotatable bonds is 6. The molecule has 17 heavy (non-hydrogen) atoms. The molecule has 0 spiro atoms. The van der Waals surface area contributed by atoms with Gasteiger partial charge in [0.25, 0.3) is 0 Å². The van der Waals surface area contributed by atoms with Crippen molar-refractivity contribution in [1.29, 1.82) is 0 Å². The Bertz CT molecular complexity index is 348. The van der Waals surface area contributed by atoms with Gasteiger partial charge in [0.05, 0.1) is 5.69 Å². The van der Waals surface area contributed by atoms with Crippen LogP contribution in [0.3, 0.4) is 0 Å². The maximum absolute atomic E-state index is 6.12. The van der Waals surface area contributed by atoms with E-state index in [9.17, 15) is 0 Å². The van der Waals surface area contributed by atoms with Crippen molar-refractivity contribution in [2.24, 2.45) is 0 Å². The van der Waals surface area contributed by atoms with E-state index in [1.54, 1.807) is 0 Å². The second-order valence-electron chi connectivity index (χ2n) is 4.50. The van der Waals surface area contributed by atoms with Gasteiger partial charge >= 0.3 is 0 Å². The summed E-state index contributed by atoms with van der Waals surface area (Å²) in [4.78, 5) is 7.69. The van der Waals surface area contributed by atoms with Crippen LogP contribution in [0.25, 0.3) is 0 Å². The predicted molar refractivity (Wildman–Crippen MR) is 74.8 cm³/mol. The lowest BCUT2D eigenvalue weighted by Gasteiger charge is -2.09. The van der Waals surface area contributed by atoms with E-state index in [1.807, 2.05) is 11.8 Å². The molecule has 0 aliphatic carbocycles. The van der Waals surface area contributed by atoms with Crippen LogP contribution in [0, 0.1) is 0 Å². The number of nitrogens with one attached hydrogen (secondary N) is 2. The van der Waals surface area contributed by atoms with Gasteiger partial charge in [0, 0.05) is 24.8 Å². The van der Waals surface area contributed by atoms with Crippen molar-refractivity contribution in [3.8, 4) is 0 Å². The third-order valence-electron chi connectivity index (χ3n) is 3.04. The summed E-state index contributed by atoms with van der Waals surface area (Å²) in [7, 11) is 0. The summed E-state index contributed by atoms with van der Waals surface area (Å²) in [5.74, 6) is 3.51. The Morgan fingerprint density at radius 3 is 3.18 bits per heavy atom. The van der Waals surface area contributed by atoms with Crippen LogP contribution in [0.4, 0.5) is 0 Å². The molecule has 1 aromatic heterocycles. The normalized spacial score (nSPS) is 20.0. The SMILES string of the molecule is CCCCc1nc(Cl)c(CNC2CCSC2)[nH]1. The largest absolute Gasteiger partial charge is 0.344 e. The Balaban J connectivity index is 1.84. The first kappa shape index (κ1) is 13.2. The minimum absolute atomic E-state index is 0.634. The minimum Gasteiger partial charge on any atom is -0.344 e. The number of imidazole rings is 1. The van der Waals surface area contributed by atoms with Gasteiger partial charge in [-0.15, -0.1) is 0 Å². The summed E-state index contributed by atoms with van der Waals surface area (Å²) < 4.78 is 0.